The smallest absolute Gasteiger partial charge is 0.254 e. The Morgan fingerprint density at radius 3 is 2.46 bits per heavy atom. The van der Waals surface area contributed by atoms with Gasteiger partial charge in [-0.1, -0.05) is 33.8 Å². The van der Waals surface area contributed by atoms with E-state index in [0.29, 0.717) is 25.3 Å². The number of rotatable bonds is 3. The van der Waals surface area contributed by atoms with Crippen LogP contribution in [0.4, 0.5) is 0 Å². The van der Waals surface area contributed by atoms with Crippen molar-refractivity contribution in [1.29, 1.82) is 0 Å². The summed E-state index contributed by atoms with van der Waals surface area (Å²) in [6, 6.07) is 5.83. The van der Waals surface area contributed by atoms with Crippen molar-refractivity contribution in [3.05, 3.63) is 34.9 Å². The third-order valence-electron chi connectivity index (χ3n) is 6.02. The van der Waals surface area contributed by atoms with Crippen LogP contribution in [-0.4, -0.2) is 42.5 Å². The number of carbonyl (C=O) groups is 2. The molecule has 1 saturated heterocycles. The van der Waals surface area contributed by atoms with E-state index in [1.54, 1.807) is 4.90 Å². The summed E-state index contributed by atoms with van der Waals surface area (Å²) in [4.78, 5) is 26.3. The van der Waals surface area contributed by atoms with Crippen LogP contribution in [0.25, 0.3) is 0 Å². The highest BCUT2D eigenvalue weighted by Gasteiger charge is 2.38. The zero-order chi connectivity index (χ0) is 19.1. The first kappa shape index (κ1) is 18.9. The van der Waals surface area contributed by atoms with E-state index in [9.17, 15) is 9.59 Å². The molecule has 1 aromatic carbocycles. The zero-order valence-corrected chi connectivity index (χ0v) is 16.3. The van der Waals surface area contributed by atoms with E-state index in [1.165, 1.54) is 11.1 Å². The number of hydrogen-bond acceptors (Lipinski definition) is 3. The summed E-state index contributed by atoms with van der Waals surface area (Å²) in [7, 11) is 0. The zero-order valence-electron chi connectivity index (χ0n) is 16.3. The molecule has 1 atom stereocenters. The maximum absolute atomic E-state index is 13.2. The Kier molecular flexibility index (Phi) is 4.86. The maximum Gasteiger partial charge on any atom is 0.254 e. The highest BCUT2D eigenvalue weighted by molar-refractivity contribution is 5.95. The van der Waals surface area contributed by atoms with Crippen LogP contribution in [0.3, 0.4) is 0 Å². The number of amides is 2. The number of primary amides is 1. The fourth-order valence-electron chi connectivity index (χ4n) is 4.21. The van der Waals surface area contributed by atoms with Crippen molar-refractivity contribution in [2.75, 3.05) is 19.8 Å². The molecule has 0 aromatic heterocycles. The van der Waals surface area contributed by atoms with Crippen molar-refractivity contribution in [3.63, 3.8) is 0 Å². The molecule has 2 N–H and O–H groups in total. The molecule has 2 amide bonds. The van der Waals surface area contributed by atoms with Gasteiger partial charge >= 0.3 is 0 Å². The van der Waals surface area contributed by atoms with Crippen molar-refractivity contribution in [1.82, 2.24) is 4.90 Å². The average molecular weight is 358 g/mol. The molecular formula is C21H30N2O3. The minimum atomic E-state index is -0.411. The lowest BCUT2D eigenvalue weighted by Gasteiger charge is -2.42. The van der Waals surface area contributed by atoms with E-state index < -0.39 is 5.91 Å². The molecule has 2 aliphatic rings. The number of nitrogens with zero attached hydrogens (tertiary/aromatic N) is 1. The van der Waals surface area contributed by atoms with Gasteiger partial charge < -0.3 is 15.4 Å². The Labute approximate surface area is 155 Å². The van der Waals surface area contributed by atoms with E-state index in [4.69, 9.17) is 10.5 Å². The third kappa shape index (κ3) is 3.50. The van der Waals surface area contributed by atoms with Crippen molar-refractivity contribution in [2.24, 2.45) is 5.73 Å². The van der Waals surface area contributed by atoms with E-state index in [2.05, 4.69) is 39.8 Å². The maximum atomic E-state index is 13.2. The number of hydrogen-bond donors (Lipinski definition) is 1. The number of carbonyl (C=O) groups excluding carboxylic acids is 2. The summed E-state index contributed by atoms with van der Waals surface area (Å²) in [6.07, 6.45) is 2.38. The molecule has 142 valence electrons. The van der Waals surface area contributed by atoms with Crippen molar-refractivity contribution in [2.45, 2.75) is 63.8 Å². The van der Waals surface area contributed by atoms with Crippen molar-refractivity contribution >= 4 is 11.8 Å². The molecule has 1 aromatic rings. The second-order valence-corrected chi connectivity index (χ2v) is 8.93. The molecule has 1 fully saturated rings. The third-order valence-corrected chi connectivity index (χ3v) is 6.02. The van der Waals surface area contributed by atoms with Gasteiger partial charge in [0.15, 0.2) is 0 Å². The van der Waals surface area contributed by atoms with Gasteiger partial charge in [-0.2, -0.15) is 0 Å². The molecule has 0 spiro atoms. The largest absolute Gasteiger partial charge is 0.377 e. The molecule has 5 nitrogen and oxygen atoms in total. The first-order valence-electron chi connectivity index (χ1n) is 9.44. The lowest BCUT2D eigenvalue weighted by molar-refractivity contribution is -0.120. The Morgan fingerprint density at radius 1 is 1.15 bits per heavy atom. The van der Waals surface area contributed by atoms with Crippen LogP contribution in [0, 0.1) is 0 Å². The van der Waals surface area contributed by atoms with E-state index >= 15 is 0 Å². The number of morpholine rings is 1. The normalized spacial score (nSPS) is 24.0. The first-order chi connectivity index (χ1) is 12.1. The molecule has 0 saturated carbocycles. The number of benzene rings is 1. The van der Waals surface area contributed by atoms with Gasteiger partial charge in [0.2, 0.25) is 5.91 Å². The Hall–Kier alpha value is -1.88. The summed E-state index contributed by atoms with van der Waals surface area (Å²) in [5.41, 5.74) is 8.81. The highest BCUT2D eigenvalue weighted by atomic mass is 16.5. The van der Waals surface area contributed by atoms with Gasteiger partial charge in [0.25, 0.3) is 5.91 Å². The van der Waals surface area contributed by atoms with Crippen LogP contribution in [0.1, 0.15) is 68.4 Å². The van der Waals surface area contributed by atoms with E-state index in [0.717, 1.165) is 12.8 Å². The monoisotopic (exact) mass is 358 g/mol. The molecule has 5 heteroatoms. The van der Waals surface area contributed by atoms with Crippen LogP contribution in [0.15, 0.2) is 18.2 Å². The molecule has 26 heavy (non-hydrogen) atoms. The highest BCUT2D eigenvalue weighted by Crippen LogP contribution is 2.46. The minimum absolute atomic E-state index is 0.0403. The Balaban J connectivity index is 1.94. The topological polar surface area (TPSA) is 72.6 Å². The van der Waals surface area contributed by atoms with Gasteiger partial charge in [-0.25, -0.2) is 0 Å². The van der Waals surface area contributed by atoms with Crippen molar-refractivity contribution < 1.29 is 14.3 Å². The second kappa shape index (κ2) is 6.69. The van der Waals surface area contributed by atoms with Gasteiger partial charge in [0, 0.05) is 18.5 Å². The predicted molar refractivity (Wildman–Crippen MR) is 101 cm³/mol. The summed E-state index contributed by atoms with van der Waals surface area (Å²) >= 11 is 0. The van der Waals surface area contributed by atoms with Gasteiger partial charge in [0.05, 0.1) is 19.3 Å². The summed E-state index contributed by atoms with van der Waals surface area (Å²) < 4.78 is 5.45. The predicted octanol–water partition coefficient (Wildman–Crippen LogP) is 2.75. The number of nitrogens with two attached hydrogens (primary N) is 1. The molecule has 3 rings (SSSR count). The summed E-state index contributed by atoms with van der Waals surface area (Å²) in [5.74, 6) is -0.451. The first-order valence-corrected chi connectivity index (χ1v) is 9.44. The van der Waals surface area contributed by atoms with Gasteiger partial charge in [-0.3, -0.25) is 9.59 Å². The average Bonchev–Trinajstić information content (AvgIpc) is 2.58. The fraction of sp³-hybridized carbons (Fsp3) is 0.619. The van der Waals surface area contributed by atoms with Crippen LogP contribution < -0.4 is 5.73 Å². The van der Waals surface area contributed by atoms with Crippen LogP contribution in [-0.2, 0) is 20.4 Å². The Morgan fingerprint density at radius 2 is 1.81 bits per heavy atom. The summed E-state index contributed by atoms with van der Waals surface area (Å²) in [5, 5.41) is 0. The minimum Gasteiger partial charge on any atom is -0.377 e. The molecule has 0 radical (unpaired) electrons. The quantitative estimate of drug-likeness (QED) is 0.903. The van der Waals surface area contributed by atoms with Gasteiger partial charge in [-0.05, 0) is 46.9 Å². The van der Waals surface area contributed by atoms with Gasteiger partial charge in [0.1, 0.15) is 0 Å². The molecule has 1 heterocycles. The molecule has 1 unspecified atom stereocenters. The molecule has 1 aliphatic carbocycles. The number of fused-ring (bicyclic) bond motifs is 1. The number of ether oxygens (including phenoxy) is 1. The summed E-state index contributed by atoms with van der Waals surface area (Å²) in [6.45, 7) is 10.4. The Bertz CT molecular complexity index is 724. The molecule has 0 bridgehead atoms. The standard InChI is InChI=1S/C21H30N2O3/c1-20(2)7-8-21(3,4)17-11-14(5-6-16(17)20)19(25)23-9-10-26-13-15(23)12-18(22)24/h5-6,11,15H,7-10,12-13H2,1-4H3,(H2,22,24). The second-order valence-electron chi connectivity index (χ2n) is 8.93. The van der Waals surface area contributed by atoms with Gasteiger partial charge in [-0.15, -0.1) is 0 Å². The fourth-order valence-corrected chi connectivity index (χ4v) is 4.21. The lowest BCUT2D eigenvalue weighted by atomic mass is 9.63. The molecular weight excluding hydrogens is 328 g/mol. The van der Waals surface area contributed by atoms with Crippen molar-refractivity contribution in [3.8, 4) is 0 Å². The molecule has 1 aliphatic heterocycles. The van der Waals surface area contributed by atoms with Crippen LogP contribution in [0.2, 0.25) is 0 Å². The lowest BCUT2D eigenvalue weighted by Crippen LogP contribution is -2.50. The van der Waals surface area contributed by atoms with E-state index in [1.807, 2.05) is 6.07 Å². The van der Waals surface area contributed by atoms with Crippen LogP contribution >= 0.6 is 0 Å². The van der Waals surface area contributed by atoms with Crippen LogP contribution in [0.5, 0.6) is 0 Å². The SMILES string of the molecule is CC1(C)CCC(C)(C)c2cc(C(=O)N3CCOCC3CC(N)=O)ccc21. The van der Waals surface area contributed by atoms with E-state index in [-0.39, 0.29) is 29.2 Å².